The number of aromatic amines is 1. The number of amides is 1. The SMILES string of the molecule is CCOc1ccc(C(=O)Nc2c(N)nc(SCc3cccc([N+](=O)[O-])c3)[nH]c2=O)cc1. The smallest absolute Gasteiger partial charge is 0.277 e. The Bertz CT molecular complexity index is 1160. The molecule has 0 aliphatic carbocycles. The summed E-state index contributed by atoms with van der Waals surface area (Å²) in [6, 6.07) is 12.6. The van der Waals surface area contributed by atoms with E-state index in [0.29, 0.717) is 29.2 Å². The van der Waals surface area contributed by atoms with E-state index >= 15 is 0 Å². The number of non-ortho nitro benzene ring substituents is 1. The van der Waals surface area contributed by atoms with Gasteiger partial charge < -0.3 is 15.8 Å². The fourth-order valence-corrected chi connectivity index (χ4v) is 3.44. The van der Waals surface area contributed by atoms with Gasteiger partial charge in [-0.15, -0.1) is 0 Å². The number of ether oxygens (including phenoxy) is 1. The largest absolute Gasteiger partial charge is 0.494 e. The van der Waals surface area contributed by atoms with Crippen LogP contribution in [0.3, 0.4) is 0 Å². The number of nitrogen functional groups attached to an aromatic ring is 1. The van der Waals surface area contributed by atoms with E-state index in [0.717, 1.165) is 11.8 Å². The molecule has 0 aliphatic rings. The third-order valence-electron chi connectivity index (χ3n) is 4.09. The molecular weight excluding hydrogens is 422 g/mol. The maximum absolute atomic E-state index is 12.4. The van der Waals surface area contributed by atoms with Crippen LogP contribution >= 0.6 is 11.8 Å². The molecule has 4 N–H and O–H groups in total. The molecule has 0 saturated heterocycles. The lowest BCUT2D eigenvalue weighted by Gasteiger charge is -2.09. The molecule has 1 heterocycles. The van der Waals surface area contributed by atoms with Gasteiger partial charge >= 0.3 is 0 Å². The highest BCUT2D eigenvalue weighted by molar-refractivity contribution is 7.98. The molecule has 3 aromatic rings. The minimum Gasteiger partial charge on any atom is -0.494 e. The predicted molar refractivity (Wildman–Crippen MR) is 117 cm³/mol. The Labute approximate surface area is 181 Å². The van der Waals surface area contributed by atoms with Crippen molar-refractivity contribution in [2.24, 2.45) is 0 Å². The summed E-state index contributed by atoms with van der Waals surface area (Å²) in [5.41, 5.74) is 6.11. The van der Waals surface area contributed by atoms with Crippen LogP contribution in [0.5, 0.6) is 5.75 Å². The fraction of sp³-hybridized carbons (Fsp3) is 0.150. The standard InChI is InChI=1S/C20H19N5O5S/c1-2-30-15-8-6-13(7-9-15)18(26)22-16-17(21)23-20(24-19(16)27)31-11-12-4-3-5-14(10-12)25(28)29/h3-10H,2,11H2,1H3,(H,22,26)(H3,21,23,24,27). The van der Waals surface area contributed by atoms with E-state index in [-0.39, 0.29) is 22.3 Å². The highest BCUT2D eigenvalue weighted by Gasteiger charge is 2.15. The lowest BCUT2D eigenvalue weighted by molar-refractivity contribution is -0.384. The van der Waals surface area contributed by atoms with Gasteiger partial charge in [0, 0.05) is 23.4 Å². The Kier molecular flexibility index (Phi) is 6.88. The number of nitro groups is 1. The third-order valence-corrected chi connectivity index (χ3v) is 5.03. The predicted octanol–water partition coefficient (Wildman–Crippen LogP) is 3.20. The first-order chi connectivity index (χ1) is 14.9. The Hall–Kier alpha value is -3.86. The second-order valence-corrected chi connectivity index (χ2v) is 7.22. The number of benzene rings is 2. The first kappa shape index (κ1) is 21.8. The van der Waals surface area contributed by atoms with Crippen LogP contribution in [0.2, 0.25) is 0 Å². The maximum atomic E-state index is 12.4. The third kappa shape index (κ3) is 5.60. The van der Waals surface area contributed by atoms with Crippen molar-refractivity contribution in [1.82, 2.24) is 9.97 Å². The zero-order valence-electron chi connectivity index (χ0n) is 16.5. The van der Waals surface area contributed by atoms with Gasteiger partial charge in [-0.2, -0.15) is 0 Å². The van der Waals surface area contributed by atoms with Gasteiger partial charge in [0.15, 0.2) is 11.0 Å². The summed E-state index contributed by atoms with van der Waals surface area (Å²) in [5.74, 6) is 0.314. The molecular formula is C20H19N5O5S. The molecule has 160 valence electrons. The van der Waals surface area contributed by atoms with E-state index in [4.69, 9.17) is 10.5 Å². The number of carbonyl (C=O) groups excluding carboxylic acids is 1. The van der Waals surface area contributed by atoms with Gasteiger partial charge in [0.25, 0.3) is 17.2 Å². The summed E-state index contributed by atoms with van der Waals surface area (Å²) in [5, 5.41) is 13.6. The molecule has 1 amide bonds. The monoisotopic (exact) mass is 441 g/mol. The van der Waals surface area contributed by atoms with Crippen molar-refractivity contribution >= 4 is 34.9 Å². The molecule has 0 saturated carbocycles. The summed E-state index contributed by atoms with van der Waals surface area (Å²) in [6.07, 6.45) is 0. The van der Waals surface area contributed by atoms with Crippen LogP contribution in [0.1, 0.15) is 22.8 Å². The van der Waals surface area contributed by atoms with Gasteiger partial charge in [-0.1, -0.05) is 23.9 Å². The highest BCUT2D eigenvalue weighted by Crippen LogP contribution is 2.23. The first-order valence-corrected chi connectivity index (χ1v) is 10.2. The van der Waals surface area contributed by atoms with E-state index in [2.05, 4.69) is 15.3 Å². The number of nitro benzene ring substituents is 1. The quantitative estimate of drug-likeness (QED) is 0.208. The molecule has 0 unspecified atom stereocenters. The van der Waals surface area contributed by atoms with E-state index in [1.54, 1.807) is 36.4 Å². The average Bonchev–Trinajstić information content (AvgIpc) is 2.75. The van der Waals surface area contributed by atoms with Crippen LogP contribution in [-0.2, 0) is 5.75 Å². The number of carbonyl (C=O) groups is 1. The fourth-order valence-electron chi connectivity index (χ4n) is 2.62. The van der Waals surface area contributed by atoms with Crippen molar-refractivity contribution in [3.8, 4) is 5.75 Å². The topological polar surface area (TPSA) is 153 Å². The number of rotatable bonds is 8. The molecule has 0 radical (unpaired) electrons. The Morgan fingerprint density at radius 3 is 2.68 bits per heavy atom. The summed E-state index contributed by atoms with van der Waals surface area (Å²) in [6.45, 7) is 2.36. The van der Waals surface area contributed by atoms with Gasteiger partial charge in [0.05, 0.1) is 11.5 Å². The summed E-state index contributed by atoms with van der Waals surface area (Å²) >= 11 is 1.16. The zero-order chi connectivity index (χ0) is 22.4. The van der Waals surface area contributed by atoms with Gasteiger partial charge in [0.2, 0.25) is 0 Å². The van der Waals surface area contributed by atoms with Crippen LogP contribution in [0.4, 0.5) is 17.2 Å². The number of nitrogens with zero attached hydrogens (tertiary/aromatic N) is 2. The number of nitrogens with one attached hydrogen (secondary N) is 2. The van der Waals surface area contributed by atoms with Crippen LogP contribution < -0.4 is 21.3 Å². The van der Waals surface area contributed by atoms with Crippen molar-refractivity contribution in [3.63, 3.8) is 0 Å². The van der Waals surface area contributed by atoms with E-state index in [1.165, 1.54) is 12.1 Å². The lowest BCUT2D eigenvalue weighted by atomic mass is 10.2. The number of thioether (sulfide) groups is 1. The minimum absolute atomic E-state index is 0.0218. The second-order valence-electron chi connectivity index (χ2n) is 6.26. The molecule has 10 nitrogen and oxygen atoms in total. The molecule has 1 aromatic heterocycles. The van der Waals surface area contributed by atoms with Crippen LogP contribution in [-0.4, -0.2) is 27.4 Å². The van der Waals surface area contributed by atoms with Crippen LogP contribution in [0, 0.1) is 10.1 Å². The molecule has 11 heteroatoms. The number of H-pyrrole nitrogens is 1. The normalized spacial score (nSPS) is 10.5. The second kappa shape index (κ2) is 9.76. The van der Waals surface area contributed by atoms with Crippen molar-refractivity contribution < 1.29 is 14.5 Å². The highest BCUT2D eigenvalue weighted by atomic mass is 32.2. The zero-order valence-corrected chi connectivity index (χ0v) is 17.3. The maximum Gasteiger partial charge on any atom is 0.277 e. The molecule has 3 rings (SSSR count). The van der Waals surface area contributed by atoms with Crippen molar-refractivity contribution in [3.05, 3.63) is 80.1 Å². The van der Waals surface area contributed by atoms with E-state index in [1.807, 2.05) is 6.92 Å². The number of nitrogens with two attached hydrogens (primary N) is 1. The number of aromatic nitrogens is 2. The summed E-state index contributed by atoms with van der Waals surface area (Å²) in [7, 11) is 0. The molecule has 0 spiro atoms. The van der Waals surface area contributed by atoms with E-state index < -0.39 is 16.4 Å². The Balaban J connectivity index is 1.70. The lowest BCUT2D eigenvalue weighted by Crippen LogP contribution is -2.23. The van der Waals surface area contributed by atoms with Crippen LogP contribution in [0.25, 0.3) is 0 Å². The molecule has 2 aromatic carbocycles. The van der Waals surface area contributed by atoms with Crippen molar-refractivity contribution in [2.75, 3.05) is 17.7 Å². The van der Waals surface area contributed by atoms with Gasteiger partial charge in [-0.05, 0) is 36.8 Å². The Morgan fingerprint density at radius 2 is 2.03 bits per heavy atom. The van der Waals surface area contributed by atoms with Gasteiger partial charge in [-0.25, -0.2) is 4.98 Å². The first-order valence-electron chi connectivity index (χ1n) is 9.17. The van der Waals surface area contributed by atoms with Gasteiger partial charge in [-0.3, -0.25) is 24.7 Å². The number of hydrogen-bond acceptors (Lipinski definition) is 8. The average molecular weight is 441 g/mol. The van der Waals surface area contributed by atoms with Crippen LogP contribution in [0.15, 0.2) is 58.5 Å². The Morgan fingerprint density at radius 1 is 1.29 bits per heavy atom. The van der Waals surface area contributed by atoms with Gasteiger partial charge in [0.1, 0.15) is 11.4 Å². The van der Waals surface area contributed by atoms with Crippen molar-refractivity contribution in [1.29, 1.82) is 0 Å². The molecule has 31 heavy (non-hydrogen) atoms. The summed E-state index contributed by atoms with van der Waals surface area (Å²) in [4.78, 5) is 41.9. The number of anilines is 2. The molecule has 0 fully saturated rings. The summed E-state index contributed by atoms with van der Waals surface area (Å²) < 4.78 is 5.33. The number of hydrogen-bond donors (Lipinski definition) is 3. The molecule has 0 atom stereocenters. The molecule has 0 aliphatic heterocycles. The minimum atomic E-state index is -0.603. The van der Waals surface area contributed by atoms with E-state index in [9.17, 15) is 19.7 Å². The molecule has 0 bridgehead atoms. The van der Waals surface area contributed by atoms with Crippen molar-refractivity contribution in [2.45, 2.75) is 17.8 Å².